The molecular formula is C15H23FN2O. The van der Waals surface area contributed by atoms with E-state index in [-0.39, 0.29) is 11.9 Å². The van der Waals surface area contributed by atoms with Crippen LogP contribution in [0.4, 0.5) is 4.39 Å². The first-order valence-electron chi connectivity index (χ1n) is 6.97. The third kappa shape index (κ3) is 3.53. The van der Waals surface area contributed by atoms with Crippen molar-refractivity contribution in [2.75, 3.05) is 26.2 Å². The number of morpholine rings is 1. The van der Waals surface area contributed by atoms with E-state index in [9.17, 15) is 4.39 Å². The number of nitrogens with two attached hydrogens (primary N) is 1. The van der Waals surface area contributed by atoms with Gasteiger partial charge in [-0.25, -0.2) is 4.39 Å². The molecule has 1 fully saturated rings. The Morgan fingerprint density at radius 2 is 2.32 bits per heavy atom. The lowest BCUT2D eigenvalue weighted by Crippen LogP contribution is -2.47. The van der Waals surface area contributed by atoms with Crippen LogP contribution in [0, 0.1) is 12.7 Å². The van der Waals surface area contributed by atoms with Crippen molar-refractivity contribution in [3.05, 3.63) is 35.1 Å². The minimum atomic E-state index is -0.403. The Morgan fingerprint density at radius 3 is 3.05 bits per heavy atom. The van der Waals surface area contributed by atoms with Crippen molar-refractivity contribution in [1.82, 2.24) is 4.90 Å². The van der Waals surface area contributed by atoms with Crippen LogP contribution < -0.4 is 5.73 Å². The summed E-state index contributed by atoms with van der Waals surface area (Å²) in [4.78, 5) is 2.34. The molecule has 1 aromatic rings. The predicted molar refractivity (Wildman–Crippen MR) is 74.5 cm³/mol. The van der Waals surface area contributed by atoms with Gasteiger partial charge in [-0.05, 0) is 26.0 Å². The maximum atomic E-state index is 13.9. The Bertz CT molecular complexity index is 423. The van der Waals surface area contributed by atoms with Crippen molar-refractivity contribution >= 4 is 0 Å². The summed E-state index contributed by atoms with van der Waals surface area (Å²) in [5.41, 5.74) is 7.79. The molecule has 0 amide bonds. The Kier molecular flexibility index (Phi) is 4.91. The van der Waals surface area contributed by atoms with Crippen LogP contribution in [0.2, 0.25) is 0 Å². The van der Waals surface area contributed by atoms with Crippen molar-refractivity contribution < 1.29 is 9.13 Å². The number of rotatable bonds is 4. The summed E-state index contributed by atoms with van der Waals surface area (Å²) < 4.78 is 19.6. The number of ether oxygens (including phenoxy) is 1. The smallest absolute Gasteiger partial charge is 0.128 e. The third-order valence-electron chi connectivity index (χ3n) is 3.63. The SMILES string of the molecule is CCCN1CCOC(C(N)c2cc(C)ccc2F)C1. The standard InChI is InChI=1S/C15H23FN2O/c1-3-6-18-7-8-19-14(10-18)15(17)12-9-11(2)4-5-13(12)16/h4-5,9,14-15H,3,6-8,10,17H2,1-2H3. The molecule has 0 bridgehead atoms. The van der Waals surface area contributed by atoms with Crippen LogP contribution in [0.25, 0.3) is 0 Å². The summed E-state index contributed by atoms with van der Waals surface area (Å²) >= 11 is 0. The van der Waals surface area contributed by atoms with E-state index in [2.05, 4.69) is 11.8 Å². The van der Waals surface area contributed by atoms with Gasteiger partial charge in [-0.1, -0.05) is 24.6 Å². The number of benzene rings is 1. The highest BCUT2D eigenvalue weighted by Crippen LogP contribution is 2.23. The van der Waals surface area contributed by atoms with Crippen molar-refractivity contribution in [2.24, 2.45) is 5.73 Å². The topological polar surface area (TPSA) is 38.5 Å². The molecule has 0 radical (unpaired) electrons. The van der Waals surface area contributed by atoms with Gasteiger partial charge in [0.1, 0.15) is 5.82 Å². The van der Waals surface area contributed by atoms with Crippen molar-refractivity contribution in [1.29, 1.82) is 0 Å². The molecule has 2 unspecified atom stereocenters. The second-order valence-electron chi connectivity index (χ2n) is 5.26. The average Bonchev–Trinajstić information content (AvgIpc) is 2.41. The minimum absolute atomic E-state index is 0.128. The molecular weight excluding hydrogens is 243 g/mol. The second kappa shape index (κ2) is 6.46. The zero-order valence-corrected chi connectivity index (χ0v) is 11.7. The van der Waals surface area contributed by atoms with Crippen LogP contribution in [0.5, 0.6) is 0 Å². The monoisotopic (exact) mass is 266 g/mol. The van der Waals surface area contributed by atoms with Crippen LogP contribution in [-0.2, 0) is 4.74 Å². The number of hydrogen-bond acceptors (Lipinski definition) is 3. The molecule has 0 saturated carbocycles. The van der Waals surface area contributed by atoms with Crippen LogP contribution in [-0.4, -0.2) is 37.2 Å². The molecule has 1 aliphatic heterocycles. The van der Waals surface area contributed by atoms with Gasteiger partial charge in [-0.3, -0.25) is 4.90 Å². The molecule has 0 aromatic heterocycles. The Balaban J connectivity index is 2.10. The van der Waals surface area contributed by atoms with E-state index in [4.69, 9.17) is 10.5 Å². The third-order valence-corrected chi connectivity index (χ3v) is 3.63. The molecule has 2 atom stereocenters. The second-order valence-corrected chi connectivity index (χ2v) is 5.26. The summed E-state index contributed by atoms with van der Waals surface area (Å²) in [7, 11) is 0. The van der Waals surface area contributed by atoms with Crippen LogP contribution in [0.15, 0.2) is 18.2 Å². The minimum Gasteiger partial charge on any atom is -0.374 e. The molecule has 1 aromatic carbocycles. The Labute approximate surface area is 114 Å². The zero-order valence-electron chi connectivity index (χ0n) is 11.7. The number of halogens is 1. The normalized spacial score (nSPS) is 22.4. The predicted octanol–water partition coefficient (Wildman–Crippen LogP) is 2.24. The zero-order chi connectivity index (χ0) is 13.8. The Morgan fingerprint density at radius 1 is 1.53 bits per heavy atom. The van der Waals surface area contributed by atoms with Gasteiger partial charge in [0.05, 0.1) is 18.8 Å². The van der Waals surface area contributed by atoms with Gasteiger partial charge < -0.3 is 10.5 Å². The molecule has 1 aliphatic rings. The van der Waals surface area contributed by atoms with Crippen molar-refractivity contribution in [3.63, 3.8) is 0 Å². The first kappa shape index (κ1) is 14.4. The fourth-order valence-electron chi connectivity index (χ4n) is 2.59. The largest absolute Gasteiger partial charge is 0.374 e. The van der Waals surface area contributed by atoms with Gasteiger partial charge >= 0.3 is 0 Å². The van der Waals surface area contributed by atoms with E-state index < -0.39 is 6.04 Å². The van der Waals surface area contributed by atoms with E-state index >= 15 is 0 Å². The first-order chi connectivity index (χ1) is 9.11. The van der Waals surface area contributed by atoms with Crippen LogP contribution >= 0.6 is 0 Å². The quantitative estimate of drug-likeness (QED) is 0.908. The molecule has 3 nitrogen and oxygen atoms in total. The summed E-state index contributed by atoms with van der Waals surface area (Å²) in [5.74, 6) is -0.241. The fraction of sp³-hybridized carbons (Fsp3) is 0.600. The molecule has 106 valence electrons. The highest BCUT2D eigenvalue weighted by molar-refractivity contribution is 5.27. The van der Waals surface area contributed by atoms with Gasteiger partial charge in [0, 0.05) is 18.7 Å². The van der Waals surface area contributed by atoms with Crippen LogP contribution in [0.3, 0.4) is 0 Å². The van der Waals surface area contributed by atoms with Gasteiger partial charge in [0.2, 0.25) is 0 Å². The van der Waals surface area contributed by atoms with Gasteiger partial charge in [-0.15, -0.1) is 0 Å². The fourth-order valence-corrected chi connectivity index (χ4v) is 2.59. The average molecular weight is 266 g/mol. The molecule has 2 N–H and O–H groups in total. The van der Waals surface area contributed by atoms with Crippen molar-refractivity contribution in [3.8, 4) is 0 Å². The molecule has 2 rings (SSSR count). The van der Waals surface area contributed by atoms with Crippen molar-refractivity contribution in [2.45, 2.75) is 32.4 Å². The molecule has 19 heavy (non-hydrogen) atoms. The maximum absolute atomic E-state index is 13.9. The maximum Gasteiger partial charge on any atom is 0.128 e. The highest BCUT2D eigenvalue weighted by atomic mass is 19.1. The van der Waals surface area contributed by atoms with E-state index in [0.29, 0.717) is 12.2 Å². The van der Waals surface area contributed by atoms with Gasteiger partial charge in [0.25, 0.3) is 0 Å². The van der Waals surface area contributed by atoms with Gasteiger partial charge in [0.15, 0.2) is 0 Å². The van der Waals surface area contributed by atoms with E-state index in [1.54, 1.807) is 6.07 Å². The molecule has 0 aliphatic carbocycles. The Hall–Kier alpha value is -0.970. The molecule has 4 heteroatoms. The molecule has 1 saturated heterocycles. The number of hydrogen-bond donors (Lipinski definition) is 1. The lowest BCUT2D eigenvalue weighted by atomic mass is 9.98. The summed E-state index contributed by atoms with van der Waals surface area (Å²) in [6.45, 7) is 7.54. The van der Waals surface area contributed by atoms with E-state index in [1.807, 2.05) is 13.0 Å². The lowest BCUT2D eigenvalue weighted by Gasteiger charge is -2.35. The summed E-state index contributed by atoms with van der Waals surface area (Å²) in [6, 6.07) is 4.66. The first-order valence-corrected chi connectivity index (χ1v) is 6.97. The number of aryl methyl sites for hydroxylation is 1. The molecule has 1 heterocycles. The number of nitrogens with zero attached hydrogens (tertiary/aromatic N) is 1. The highest BCUT2D eigenvalue weighted by Gasteiger charge is 2.28. The van der Waals surface area contributed by atoms with Crippen LogP contribution in [0.1, 0.15) is 30.5 Å². The molecule has 0 spiro atoms. The van der Waals surface area contributed by atoms with Gasteiger partial charge in [-0.2, -0.15) is 0 Å². The summed E-state index contributed by atoms with van der Waals surface area (Å²) in [5, 5.41) is 0. The lowest BCUT2D eigenvalue weighted by molar-refractivity contribution is -0.0412. The summed E-state index contributed by atoms with van der Waals surface area (Å²) in [6.07, 6.45) is 0.984. The van der Waals surface area contributed by atoms with E-state index in [0.717, 1.165) is 31.6 Å². The van der Waals surface area contributed by atoms with E-state index in [1.165, 1.54) is 6.07 Å².